The Balaban J connectivity index is 1.89. The first kappa shape index (κ1) is 11.5. The fraction of sp³-hybridized carbons (Fsp3) is 0.636. The number of carbonyl (C=O) groups is 1. The zero-order chi connectivity index (χ0) is 11.4. The van der Waals surface area contributed by atoms with Crippen molar-refractivity contribution in [2.24, 2.45) is 5.41 Å². The lowest BCUT2D eigenvalue weighted by Gasteiger charge is -2.26. The van der Waals surface area contributed by atoms with Crippen LogP contribution < -0.4 is 5.32 Å². The first-order chi connectivity index (χ1) is 7.76. The van der Waals surface area contributed by atoms with Crippen LogP contribution in [0, 0.1) is 5.41 Å². The van der Waals surface area contributed by atoms with Gasteiger partial charge in [0.15, 0.2) is 5.69 Å². The minimum atomic E-state index is -0.190. The lowest BCUT2D eigenvalue weighted by molar-refractivity contribution is 0.0926. The maximum Gasteiger partial charge on any atom is 0.273 e. The number of hydrogen-bond donors (Lipinski definition) is 1. The fourth-order valence-electron chi connectivity index (χ4n) is 2.17. The van der Waals surface area contributed by atoms with Crippen LogP contribution in [0.25, 0.3) is 0 Å². The van der Waals surface area contributed by atoms with Gasteiger partial charge in [-0.3, -0.25) is 4.79 Å². The second kappa shape index (κ2) is 4.87. The average Bonchev–Trinajstić information content (AvgIpc) is 2.98. The molecule has 1 aromatic rings. The lowest BCUT2D eigenvalue weighted by atomic mass is 9.88. The average molecular weight is 243 g/mol. The van der Waals surface area contributed by atoms with Crippen LogP contribution in [-0.2, 0) is 0 Å². The second-order valence-electron chi connectivity index (χ2n) is 4.41. The molecule has 0 atom stereocenters. The van der Waals surface area contributed by atoms with Crippen molar-refractivity contribution in [3.63, 3.8) is 0 Å². The van der Waals surface area contributed by atoms with Gasteiger partial charge in [0, 0.05) is 23.9 Å². The number of aromatic nitrogens is 1. The smallest absolute Gasteiger partial charge is 0.273 e. The van der Waals surface area contributed by atoms with E-state index >= 15 is 0 Å². The number of rotatable bonds is 4. The molecule has 1 N–H and O–H groups in total. The highest BCUT2D eigenvalue weighted by Gasteiger charge is 2.33. The molecule has 16 heavy (non-hydrogen) atoms. The highest BCUT2D eigenvalue weighted by Crippen LogP contribution is 2.38. The minimum Gasteiger partial charge on any atom is -0.364 e. The molecule has 0 radical (unpaired) electrons. The summed E-state index contributed by atoms with van der Waals surface area (Å²) in [5.41, 5.74) is 0.406. The predicted octanol–water partition coefficient (Wildman–Crippen LogP) is 2.20. The number of amides is 1. The summed E-state index contributed by atoms with van der Waals surface area (Å²) < 4.78 is 4.62. The third-order valence-corrected chi connectivity index (χ3v) is 3.81. The van der Waals surface area contributed by atoms with E-state index in [2.05, 4.69) is 15.0 Å². The van der Waals surface area contributed by atoms with Gasteiger partial charge >= 0.3 is 0 Å². The summed E-state index contributed by atoms with van der Waals surface area (Å²) in [5, 5.41) is 6.46. The van der Waals surface area contributed by atoms with Gasteiger partial charge in [-0.2, -0.15) is 0 Å². The summed E-state index contributed by atoms with van der Waals surface area (Å²) in [6.45, 7) is 0.627. The first-order valence-corrected chi connectivity index (χ1v) is 6.04. The van der Waals surface area contributed by atoms with Crippen LogP contribution in [0.4, 0.5) is 0 Å². The van der Waals surface area contributed by atoms with Crippen LogP contribution >= 0.6 is 11.6 Å². The van der Waals surface area contributed by atoms with Crippen molar-refractivity contribution in [3.05, 3.63) is 18.0 Å². The van der Waals surface area contributed by atoms with Crippen molar-refractivity contribution in [3.8, 4) is 0 Å². The van der Waals surface area contributed by atoms with Gasteiger partial charge in [0.05, 0.1) is 0 Å². The highest BCUT2D eigenvalue weighted by atomic mass is 35.5. The number of nitrogens with one attached hydrogen (secondary N) is 1. The molecule has 1 saturated carbocycles. The van der Waals surface area contributed by atoms with Crippen molar-refractivity contribution < 1.29 is 9.32 Å². The van der Waals surface area contributed by atoms with Gasteiger partial charge < -0.3 is 9.84 Å². The van der Waals surface area contributed by atoms with Gasteiger partial charge in [-0.05, 0) is 12.8 Å². The van der Waals surface area contributed by atoms with E-state index in [4.69, 9.17) is 11.6 Å². The highest BCUT2D eigenvalue weighted by molar-refractivity contribution is 6.18. The van der Waals surface area contributed by atoms with E-state index in [9.17, 15) is 4.79 Å². The van der Waals surface area contributed by atoms with Crippen molar-refractivity contribution in [1.82, 2.24) is 10.5 Å². The van der Waals surface area contributed by atoms with Crippen molar-refractivity contribution in [1.29, 1.82) is 0 Å². The molecule has 1 fully saturated rings. The summed E-state index contributed by atoms with van der Waals surface area (Å²) in [5.74, 6) is 0.414. The van der Waals surface area contributed by atoms with E-state index in [0.29, 0.717) is 18.1 Å². The Labute approximate surface area is 99.3 Å². The Morgan fingerprint density at radius 3 is 2.88 bits per heavy atom. The van der Waals surface area contributed by atoms with Crippen LogP contribution in [0.3, 0.4) is 0 Å². The first-order valence-electron chi connectivity index (χ1n) is 5.50. The maximum atomic E-state index is 11.6. The molecule has 1 heterocycles. The van der Waals surface area contributed by atoms with Crippen molar-refractivity contribution >= 4 is 17.5 Å². The summed E-state index contributed by atoms with van der Waals surface area (Å²) in [7, 11) is 0. The molecule has 1 amide bonds. The Morgan fingerprint density at radius 2 is 2.31 bits per heavy atom. The van der Waals surface area contributed by atoms with Gasteiger partial charge in [0.2, 0.25) is 0 Å². The standard InChI is InChI=1S/C11H15ClN2O2/c12-7-11(4-1-2-5-11)8-13-10(15)9-3-6-16-14-9/h3,6H,1-2,4-5,7-8H2,(H,13,15). The van der Waals surface area contributed by atoms with E-state index in [1.807, 2.05) is 0 Å². The van der Waals surface area contributed by atoms with Gasteiger partial charge in [-0.1, -0.05) is 18.0 Å². The molecule has 4 nitrogen and oxygen atoms in total. The minimum absolute atomic E-state index is 0.0843. The SMILES string of the molecule is O=C(NCC1(CCl)CCCC1)c1ccon1. The Morgan fingerprint density at radius 1 is 1.56 bits per heavy atom. The summed E-state index contributed by atoms with van der Waals surface area (Å²) in [6, 6.07) is 1.55. The van der Waals surface area contributed by atoms with Gasteiger partial charge in [0.25, 0.3) is 5.91 Å². The van der Waals surface area contributed by atoms with E-state index in [-0.39, 0.29) is 11.3 Å². The Hall–Kier alpha value is -1.03. The molecule has 1 aliphatic rings. The maximum absolute atomic E-state index is 11.6. The number of halogens is 1. The van der Waals surface area contributed by atoms with E-state index in [0.717, 1.165) is 12.8 Å². The topological polar surface area (TPSA) is 55.1 Å². The molecule has 0 bridgehead atoms. The Kier molecular flexibility index (Phi) is 3.49. The Bertz CT molecular complexity index is 345. The van der Waals surface area contributed by atoms with Crippen LogP contribution in [0.2, 0.25) is 0 Å². The van der Waals surface area contributed by atoms with Crippen LogP contribution in [0.15, 0.2) is 16.9 Å². The molecular formula is C11H15ClN2O2. The normalized spacial score (nSPS) is 18.6. The lowest BCUT2D eigenvalue weighted by Crippen LogP contribution is -2.37. The zero-order valence-corrected chi connectivity index (χ0v) is 9.79. The summed E-state index contributed by atoms with van der Waals surface area (Å²) >= 11 is 5.99. The van der Waals surface area contributed by atoms with Crippen LogP contribution in [-0.4, -0.2) is 23.5 Å². The van der Waals surface area contributed by atoms with Crippen LogP contribution in [0.1, 0.15) is 36.2 Å². The molecule has 1 aliphatic carbocycles. The van der Waals surface area contributed by atoms with Gasteiger partial charge in [-0.25, -0.2) is 0 Å². The van der Waals surface area contributed by atoms with E-state index in [1.54, 1.807) is 6.07 Å². The zero-order valence-electron chi connectivity index (χ0n) is 9.04. The largest absolute Gasteiger partial charge is 0.364 e. The van der Waals surface area contributed by atoms with Crippen LogP contribution in [0.5, 0.6) is 0 Å². The molecule has 5 heteroatoms. The quantitative estimate of drug-likeness (QED) is 0.824. The van der Waals surface area contributed by atoms with Gasteiger partial charge in [0.1, 0.15) is 6.26 Å². The predicted molar refractivity (Wildman–Crippen MR) is 60.5 cm³/mol. The number of carbonyl (C=O) groups excluding carboxylic acids is 1. The molecule has 0 saturated heterocycles. The molecule has 1 aromatic heterocycles. The monoisotopic (exact) mass is 242 g/mol. The second-order valence-corrected chi connectivity index (χ2v) is 4.68. The fourth-order valence-corrected chi connectivity index (χ4v) is 2.53. The van der Waals surface area contributed by atoms with E-state index < -0.39 is 0 Å². The number of alkyl halides is 1. The molecule has 2 rings (SSSR count). The number of nitrogens with zero attached hydrogens (tertiary/aromatic N) is 1. The third kappa shape index (κ3) is 2.38. The molecule has 0 unspecified atom stereocenters. The molecular weight excluding hydrogens is 228 g/mol. The summed E-state index contributed by atoms with van der Waals surface area (Å²) in [6.07, 6.45) is 5.98. The molecule has 0 aromatic carbocycles. The molecule has 0 aliphatic heterocycles. The number of hydrogen-bond acceptors (Lipinski definition) is 3. The van der Waals surface area contributed by atoms with E-state index in [1.165, 1.54) is 19.1 Å². The third-order valence-electron chi connectivity index (χ3n) is 3.24. The molecule has 0 spiro atoms. The molecule has 88 valence electrons. The summed E-state index contributed by atoms with van der Waals surface area (Å²) in [4.78, 5) is 11.6. The van der Waals surface area contributed by atoms with Crippen molar-refractivity contribution in [2.75, 3.05) is 12.4 Å². The van der Waals surface area contributed by atoms with Crippen molar-refractivity contribution in [2.45, 2.75) is 25.7 Å². The van der Waals surface area contributed by atoms with Gasteiger partial charge in [-0.15, -0.1) is 11.6 Å².